The highest BCUT2D eigenvalue weighted by atomic mass is 16.5. The zero-order chi connectivity index (χ0) is 10.1. The van der Waals surface area contributed by atoms with Crippen molar-refractivity contribution >= 4 is 5.69 Å². The van der Waals surface area contributed by atoms with Gasteiger partial charge in [-0.15, -0.1) is 0 Å². The molecule has 0 bridgehead atoms. The summed E-state index contributed by atoms with van der Waals surface area (Å²) in [6.07, 6.45) is 2.81. The van der Waals surface area contributed by atoms with Crippen molar-refractivity contribution in [2.45, 2.75) is 38.7 Å². The van der Waals surface area contributed by atoms with Gasteiger partial charge in [-0.1, -0.05) is 6.07 Å². The van der Waals surface area contributed by atoms with Gasteiger partial charge in [0.2, 0.25) is 0 Å². The van der Waals surface area contributed by atoms with Gasteiger partial charge in [0, 0.05) is 0 Å². The third kappa shape index (κ3) is 2.00. The molecular formula is C12H17NO. The van der Waals surface area contributed by atoms with Crippen LogP contribution >= 0.6 is 0 Å². The van der Waals surface area contributed by atoms with E-state index in [4.69, 9.17) is 10.5 Å². The standard InChI is InChI=1S/C12H17NO/c1-8(2)14-12-7-10(9-3-4-9)5-6-11(12)13/h5-9H,3-4,13H2,1-2H3. The lowest BCUT2D eigenvalue weighted by Crippen LogP contribution is -2.07. The topological polar surface area (TPSA) is 35.2 Å². The van der Waals surface area contributed by atoms with Crippen LogP contribution in [0.5, 0.6) is 5.75 Å². The third-order valence-corrected chi connectivity index (χ3v) is 2.45. The fourth-order valence-electron chi connectivity index (χ4n) is 1.58. The number of benzene rings is 1. The zero-order valence-corrected chi connectivity index (χ0v) is 8.79. The Bertz CT molecular complexity index is 329. The van der Waals surface area contributed by atoms with Crippen LogP contribution in [-0.4, -0.2) is 6.10 Å². The first kappa shape index (κ1) is 9.38. The largest absolute Gasteiger partial charge is 0.489 e. The number of ether oxygens (including phenoxy) is 1. The molecule has 0 aromatic heterocycles. The van der Waals surface area contributed by atoms with Crippen molar-refractivity contribution in [3.05, 3.63) is 23.8 Å². The number of nitrogen functional groups attached to an aromatic ring is 1. The smallest absolute Gasteiger partial charge is 0.142 e. The molecule has 14 heavy (non-hydrogen) atoms. The molecule has 0 aliphatic heterocycles. The second kappa shape index (κ2) is 3.52. The second-order valence-corrected chi connectivity index (χ2v) is 4.24. The van der Waals surface area contributed by atoms with Gasteiger partial charge in [-0.2, -0.15) is 0 Å². The molecule has 0 amide bonds. The Morgan fingerprint density at radius 2 is 2.07 bits per heavy atom. The molecule has 2 heteroatoms. The first-order chi connectivity index (χ1) is 6.66. The minimum Gasteiger partial charge on any atom is -0.489 e. The number of anilines is 1. The van der Waals surface area contributed by atoms with Crippen LogP contribution in [0, 0.1) is 0 Å². The van der Waals surface area contributed by atoms with Crippen LogP contribution in [0.25, 0.3) is 0 Å². The molecule has 0 atom stereocenters. The van der Waals surface area contributed by atoms with Crippen LogP contribution in [0.15, 0.2) is 18.2 Å². The second-order valence-electron chi connectivity index (χ2n) is 4.24. The maximum absolute atomic E-state index is 5.83. The molecule has 1 aromatic rings. The average Bonchev–Trinajstić information content (AvgIpc) is 2.91. The first-order valence-corrected chi connectivity index (χ1v) is 5.23. The van der Waals surface area contributed by atoms with E-state index in [-0.39, 0.29) is 6.10 Å². The van der Waals surface area contributed by atoms with Gasteiger partial charge in [0.25, 0.3) is 0 Å². The third-order valence-electron chi connectivity index (χ3n) is 2.45. The highest BCUT2D eigenvalue weighted by molar-refractivity contribution is 5.55. The van der Waals surface area contributed by atoms with Gasteiger partial charge in [0.15, 0.2) is 0 Å². The van der Waals surface area contributed by atoms with E-state index in [2.05, 4.69) is 12.1 Å². The summed E-state index contributed by atoms with van der Waals surface area (Å²) < 4.78 is 5.64. The number of hydrogen-bond acceptors (Lipinski definition) is 2. The lowest BCUT2D eigenvalue weighted by molar-refractivity contribution is 0.243. The van der Waals surface area contributed by atoms with Crippen LogP contribution in [-0.2, 0) is 0 Å². The van der Waals surface area contributed by atoms with E-state index in [0.717, 1.165) is 17.4 Å². The summed E-state index contributed by atoms with van der Waals surface area (Å²) in [5.74, 6) is 1.59. The molecule has 0 spiro atoms. The number of rotatable bonds is 3. The molecular weight excluding hydrogens is 174 g/mol. The Morgan fingerprint density at radius 1 is 1.36 bits per heavy atom. The normalized spacial score (nSPS) is 15.9. The predicted molar refractivity (Wildman–Crippen MR) is 58.6 cm³/mol. The van der Waals surface area contributed by atoms with Crippen molar-refractivity contribution in [3.8, 4) is 5.75 Å². The van der Waals surface area contributed by atoms with Crippen molar-refractivity contribution in [3.63, 3.8) is 0 Å². The van der Waals surface area contributed by atoms with Gasteiger partial charge >= 0.3 is 0 Å². The predicted octanol–water partition coefficient (Wildman–Crippen LogP) is 2.93. The van der Waals surface area contributed by atoms with Gasteiger partial charge in [0.1, 0.15) is 5.75 Å². The average molecular weight is 191 g/mol. The minimum absolute atomic E-state index is 0.187. The van der Waals surface area contributed by atoms with Gasteiger partial charge < -0.3 is 10.5 Å². The zero-order valence-electron chi connectivity index (χ0n) is 8.79. The SMILES string of the molecule is CC(C)Oc1cc(C2CC2)ccc1N. The highest BCUT2D eigenvalue weighted by Crippen LogP contribution is 2.42. The van der Waals surface area contributed by atoms with Crippen molar-refractivity contribution in [2.75, 3.05) is 5.73 Å². The van der Waals surface area contributed by atoms with E-state index in [1.165, 1.54) is 18.4 Å². The molecule has 1 saturated carbocycles. The molecule has 0 unspecified atom stereocenters. The van der Waals surface area contributed by atoms with E-state index in [1.807, 2.05) is 19.9 Å². The summed E-state index contributed by atoms with van der Waals surface area (Å²) in [7, 11) is 0. The maximum atomic E-state index is 5.83. The Balaban J connectivity index is 2.22. The molecule has 2 N–H and O–H groups in total. The van der Waals surface area contributed by atoms with Gasteiger partial charge in [-0.05, 0) is 50.3 Å². The molecule has 0 heterocycles. The summed E-state index contributed by atoms with van der Waals surface area (Å²) >= 11 is 0. The maximum Gasteiger partial charge on any atom is 0.142 e. The molecule has 1 aliphatic rings. The molecule has 0 radical (unpaired) electrons. The summed E-state index contributed by atoms with van der Waals surface area (Å²) in [6, 6.07) is 6.15. The fourth-order valence-corrected chi connectivity index (χ4v) is 1.58. The van der Waals surface area contributed by atoms with Crippen molar-refractivity contribution in [2.24, 2.45) is 0 Å². The van der Waals surface area contributed by atoms with Crippen molar-refractivity contribution in [1.29, 1.82) is 0 Å². The Kier molecular flexibility index (Phi) is 2.36. The Hall–Kier alpha value is -1.18. The van der Waals surface area contributed by atoms with E-state index in [1.54, 1.807) is 0 Å². The number of nitrogens with two attached hydrogens (primary N) is 1. The van der Waals surface area contributed by atoms with Crippen LogP contribution in [0.4, 0.5) is 5.69 Å². The van der Waals surface area contributed by atoms with E-state index in [0.29, 0.717) is 0 Å². The molecule has 1 aromatic carbocycles. The van der Waals surface area contributed by atoms with Crippen LogP contribution in [0.2, 0.25) is 0 Å². The molecule has 1 fully saturated rings. The molecule has 76 valence electrons. The van der Waals surface area contributed by atoms with Crippen LogP contribution in [0.3, 0.4) is 0 Å². The summed E-state index contributed by atoms with van der Waals surface area (Å²) in [6.45, 7) is 4.03. The first-order valence-electron chi connectivity index (χ1n) is 5.23. The minimum atomic E-state index is 0.187. The van der Waals surface area contributed by atoms with Crippen molar-refractivity contribution < 1.29 is 4.74 Å². The van der Waals surface area contributed by atoms with Crippen molar-refractivity contribution in [1.82, 2.24) is 0 Å². The van der Waals surface area contributed by atoms with Crippen LogP contribution in [0.1, 0.15) is 38.2 Å². The molecule has 2 nitrogen and oxygen atoms in total. The summed E-state index contributed by atoms with van der Waals surface area (Å²) in [4.78, 5) is 0. The number of hydrogen-bond donors (Lipinski definition) is 1. The summed E-state index contributed by atoms with van der Waals surface area (Å²) in [5, 5.41) is 0. The molecule has 1 aliphatic carbocycles. The quantitative estimate of drug-likeness (QED) is 0.745. The highest BCUT2D eigenvalue weighted by Gasteiger charge is 2.24. The lowest BCUT2D eigenvalue weighted by atomic mass is 10.1. The Labute approximate surface area is 85.1 Å². The van der Waals surface area contributed by atoms with Crippen LogP contribution < -0.4 is 10.5 Å². The monoisotopic (exact) mass is 191 g/mol. The lowest BCUT2D eigenvalue weighted by Gasteiger charge is -2.13. The van der Waals surface area contributed by atoms with Gasteiger partial charge in [0.05, 0.1) is 11.8 Å². The molecule has 2 rings (SSSR count). The van der Waals surface area contributed by atoms with E-state index >= 15 is 0 Å². The molecule has 0 saturated heterocycles. The summed E-state index contributed by atoms with van der Waals surface area (Å²) in [5.41, 5.74) is 7.94. The Morgan fingerprint density at radius 3 is 2.64 bits per heavy atom. The fraction of sp³-hybridized carbons (Fsp3) is 0.500. The van der Waals surface area contributed by atoms with Gasteiger partial charge in [-0.3, -0.25) is 0 Å². The van der Waals surface area contributed by atoms with E-state index < -0.39 is 0 Å². The van der Waals surface area contributed by atoms with E-state index in [9.17, 15) is 0 Å². The van der Waals surface area contributed by atoms with Gasteiger partial charge in [-0.25, -0.2) is 0 Å².